The van der Waals surface area contributed by atoms with Crippen LogP contribution in [0.3, 0.4) is 0 Å². The summed E-state index contributed by atoms with van der Waals surface area (Å²) in [5, 5.41) is 11.4. The van der Waals surface area contributed by atoms with E-state index in [0.29, 0.717) is 35.7 Å². The first-order valence-electron chi connectivity index (χ1n) is 9.72. The van der Waals surface area contributed by atoms with Gasteiger partial charge in [0, 0.05) is 35.0 Å². The number of halogens is 1. The van der Waals surface area contributed by atoms with Crippen LogP contribution in [-0.2, 0) is 16.4 Å². The van der Waals surface area contributed by atoms with Crippen molar-refractivity contribution in [3.8, 4) is 0 Å². The highest BCUT2D eigenvalue weighted by Crippen LogP contribution is 2.31. The average Bonchev–Trinajstić information content (AvgIpc) is 2.77. The van der Waals surface area contributed by atoms with E-state index in [2.05, 4.69) is 4.72 Å². The van der Waals surface area contributed by atoms with E-state index in [1.54, 1.807) is 35.2 Å². The van der Waals surface area contributed by atoms with E-state index in [1.165, 1.54) is 30.3 Å². The number of hydrogen-bond donors (Lipinski definition) is 1. The number of non-ortho nitro benzene ring substituents is 1. The summed E-state index contributed by atoms with van der Waals surface area (Å²) in [7, 11) is -3.98. The molecule has 8 nitrogen and oxygen atoms in total. The molecule has 10 heteroatoms. The maximum Gasteiger partial charge on any atom is 0.271 e. The normalized spacial score (nSPS) is 13.3. The maximum absolute atomic E-state index is 13.0. The average molecular weight is 472 g/mol. The van der Waals surface area contributed by atoms with E-state index in [4.69, 9.17) is 11.6 Å². The molecule has 0 spiro atoms. The first-order valence-corrected chi connectivity index (χ1v) is 11.6. The van der Waals surface area contributed by atoms with Crippen LogP contribution in [0.4, 0.5) is 17.1 Å². The molecule has 0 aromatic heterocycles. The van der Waals surface area contributed by atoms with Crippen LogP contribution >= 0.6 is 11.6 Å². The number of carbonyl (C=O) groups is 1. The monoisotopic (exact) mass is 471 g/mol. The highest BCUT2D eigenvalue weighted by molar-refractivity contribution is 7.92. The fourth-order valence-corrected chi connectivity index (χ4v) is 4.92. The van der Waals surface area contributed by atoms with Gasteiger partial charge in [0.25, 0.3) is 21.6 Å². The molecule has 1 aliphatic rings. The number of nitro benzene ring substituents is 1. The molecule has 0 fully saturated rings. The van der Waals surface area contributed by atoms with Crippen molar-refractivity contribution in [3.63, 3.8) is 0 Å². The van der Waals surface area contributed by atoms with Crippen molar-refractivity contribution in [2.24, 2.45) is 0 Å². The number of carbonyl (C=O) groups excluding carboxylic acids is 1. The van der Waals surface area contributed by atoms with E-state index in [-0.39, 0.29) is 22.2 Å². The zero-order valence-corrected chi connectivity index (χ0v) is 18.3. The summed E-state index contributed by atoms with van der Waals surface area (Å²) in [6.45, 7) is 0.510. The smallest absolute Gasteiger partial charge is 0.271 e. The number of hydrogen-bond acceptors (Lipinski definition) is 5. The molecule has 0 unspecified atom stereocenters. The Kier molecular flexibility index (Phi) is 5.86. The van der Waals surface area contributed by atoms with Crippen LogP contribution in [0.5, 0.6) is 0 Å². The van der Waals surface area contributed by atoms with Crippen LogP contribution in [0.1, 0.15) is 22.3 Å². The van der Waals surface area contributed by atoms with Crippen LogP contribution in [-0.4, -0.2) is 25.8 Å². The standard InChI is InChI=1S/C22H18ClN3O5S/c23-17-6-1-4-16(12-17)22(27)25-11-3-5-15-13-20(9-10-21(15)25)32(30,31)24-18-7-2-8-19(14-18)26(28)29/h1-2,4,6-10,12-14,24H,3,5,11H2. The Morgan fingerprint density at radius 3 is 2.59 bits per heavy atom. The van der Waals surface area contributed by atoms with Crippen molar-refractivity contribution in [2.75, 3.05) is 16.2 Å². The number of nitrogens with zero attached hydrogens (tertiary/aromatic N) is 2. The van der Waals surface area contributed by atoms with Crippen LogP contribution in [0.15, 0.2) is 71.6 Å². The van der Waals surface area contributed by atoms with Crippen LogP contribution in [0.2, 0.25) is 5.02 Å². The van der Waals surface area contributed by atoms with Gasteiger partial charge in [-0.1, -0.05) is 23.7 Å². The molecule has 32 heavy (non-hydrogen) atoms. The Morgan fingerprint density at radius 2 is 1.84 bits per heavy atom. The Hall–Kier alpha value is -3.43. The molecule has 4 rings (SSSR count). The zero-order valence-electron chi connectivity index (χ0n) is 16.7. The minimum atomic E-state index is -3.98. The number of benzene rings is 3. The van der Waals surface area contributed by atoms with Gasteiger partial charge in [0.05, 0.1) is 15.5 Å². The lowest BCUT2D eigenvalue weighted by molar-refractivity contribution is -0.384. The summed E-state index contributed by atoms with van der Waals surface area (Å²) >= 11 is 6.01. The number of nitro groups is 1. The number of rotatable bonds is 5. The molecule has 0 atom stereocenters. The summed E-state index contributed by atoms with van der Waals surface area (Å²) in [6.07, 6.45) is 1.30. The molecular weight excluding hydrogens is 454 g/mol. The van der Waals surface area contributed by atoms with Crippen molar-refractivity contribution in [1.29, 1.82) is 0 Å². The summed E-state index contributed by atoms with van der Waals surface area (Å²) in [6, 6.07) is 16.5. The van der Waals surface area contributed by atoms with Gasteiger partial charge in [0.15, 0.2) is 0 Å². The molecule has 0 saturated carbocycles. The summed E-state index contributed by atoms with van der Waals surface area (Å²) in [4.78, 5) is 25.0. The zero-order chi connectivity index (χ0) is 22.9. The van der Waals surface area contributed by atoms with E-state index >= 15 is 0 Å². The largest absolute Gasteiger partial charge is 0.308 e. The fourth-order valence-electron chi connectivity index (χ4n) is 3.63. The lowest BCUT2D eigenvalue weighted by Crippen LogP contribution is -2.35. The van der Waals surface area contributed by atoms with Gasteiger partial charge in [0.2, 0.25) is 0 Å². The number of amides is 1. The highest BCUT2D eigenvalue weighted by Gasteiger charge is 2.26. The molecule has 1 aliphatic heterocycles. The van der Waals surface area contributed by atoms with E-state index in [1.807, 2.05) is 0 Å². The molecule has 3 aromatic carbocycles. The van der Waals surface area contributed by atoms with Crippen LogP contribution in [0.25, 0.3) is 0 Å². The second-order valence-corrected chi connectivity index (χ2v) is 9.39. The van der Waals surface area contributed by atoms with Gasteiger partial charge in [-0.15, -0.1) is 0 Å². The van der Waals surface area contributed by atoms with Gasteiger partial charge < -0.3 is 4.90 Å². The molecule has 164 valence electrons. The first kappa shape index (κ1) is 21.8. The quantitative estimate of drug-likeness (QED) is 0.430. The van der Waals surface area contributed by atoms with Crippen molar-refractivity contribution >= 4 is 44.6 Å². The summed E-state index contributed by atoms with van der Waals surface area (Å²) in [5.74, 6) is -0.209. The van der Waals surface area contributed by atoms with Crippen molar-refractivity contribution in [3.05, 3.63) is 93.0 Å². The number of anilines is 2. The van der Waals surface area contributed by atoms with Gasteiger partial charge in [-0.05, 0) is 60.9 Å². The Balaban J connectivity index is 1.62. The molecule has 0 aliphatic carbocycles. The fraction of sp³-hybridized carbons (Fsp3) is 0.136. The van der Waals surface area contributed by atoms with Crippen molar-refractivity contribution < 1.29 is 18.1 Å². The second kappa shape index (κ2) is 8.60. The first-order chi connectivity index (χ1) is 15.2. The van der Waals surface area contributed by atoms with Crippen LogP contribution in [0, 0.1) is 10.1 Å². The lowest BCUT2D eigenvalue weighted by Gasteiger charge is -2.30. The van der Waals surface area contributed by atoms with Gasteiger partial charge in [-0.25, -0.2) is 8.42 Å². The van der Waals surface area contributed by atoms with Crippen LogP contribution < -0.4 is 9.62 Å². The third-order valence-electron chi connectivity index (χ3n) is 5.11. The molecule has 1 N–H and O–H groups in total. The number of fused-ring (bicyclic) bond motifs is 1. The number of nitrogens with one attached hydrogen (secondary N) is 1. The number of aryl methyl sites for hydroxylation is 1. The van der Waals surface area contributed by atoms with Crippen molar-refractivity contribution in [2.45, 2.75) is 17.7 Å². The predicted octanol–water partition coefficient (Wildman–Crippen LogP) is 4.64. The van der Waals surface area contributed by atoms with Crippen molar-refractivity contribution in [1.82, 2.24) is 0 Å². The van der Waals surface area contributed by atoms with Gasteiger partial charge in [0.1, 0.15) is 0 Å². The molecular formula is C22H18ClN3O5S. The van der Waals surface area contributed by atoms with Gasteiger partial charge >= 0.3 is 0 Å². The third-order valence-corrected chi connectivity index (χ3v) is 6.72. The SMILES string of the molecule is O=C(c1cccc(Cl)c1)N1CCCc2cc(S(=O)(=O)Nc3cccc([N+](=O)[O-])c3)ccc21. The minimum absolute atomic E-state index is 0.0137. The summed E-state index contributed by atoms with van der Waals surface area (Å²) < 4.78 is 28.1. The second-order valence-electron chi connectivity index (χ2n) is 7.27. The molecule has 1 heterocycles. The Morgan fingerprint density at radius 1 is 1.06 bits per heavy atom. The van der Waals surface area contributed by atoms with E-state index < -0.39 is 14.9 Å². The van der Waals surface area contributed by atoms with Gasteiger partial charge in [-0.3, -0.25) is 19.6 Å². The minimum Gasteiger partial charge on any atom is -0.308 e. The lowest BCUT2D eigenvalue weighted by atomic mass is 10.0. The number of sulfonamides is 1. The van der Waals surface area contributed by atoms with E-state index in [0.717, 1.165) is 11.6 Å². The maximum atomic E-state index is 13.0. The third kappa shape index (κ3) is 4.44. The molecule has 3 aromatic rings. The molecule has 0 saturated heterocycles. The molecule has 0 bridgehead atoms. The Bertz CT molecular complexity index is 1330. The Labute approximate surface area is 189 Å². The summed E-state index contributed by atoms with van der Waals surface area (Å²) in [5.41, 5.74) is 1.71. The molecule has 1 amide bonds. The highest BCUT2D eigenvalue weighted by atomic mass is 35.5. The molecule has 0 radical (unpaired) electrons. The predicted molar refractivity (Wildman–Crippen MR) is 122 cm³/mol. The van der Waals surface area contributed by atoms with E-state index in [9.17, 15) is 23.3 Å². The van der Waals surface area contributed by atoms with Gasteiger partial charge in [-0.2, -0.15) is 0 Å². The topological polar surface area (TPSA) is 110 Å².